The first kappa shape index (κ1) is 23.1. The zero-order valence-electron chi connectivity index (χ0n) is 19.8. The van der Waals surface area contributed by atoms with Gasteiger partial charge >= 0.3 is 0 Å². The van der Waals surface area contributed by atoms with Gasteiger partial charge in [0.25, 0.3) is 5.91 Å². The lowest BCUT2D eigenvalue weighted by Gasteiger charge is -2.32. The molecule has 0 radical (unpaired) electrons. The highest BCUT2D eigenvalue weighted by Crippen LogP contribution is 2.30. The van der Waals surface area contributed by atoms with E-state index in [4.69, 9.17) is 19.2 Å². The Bertz CT molecular complexity index is 1150. The van der Waals surface area contributed by atoms with Crippen LogP contribution in [0.5, 0.6) is 5.75 Å². The summed E-state index contributed by atoms with van der Waals surface area (Å²) in [6, 6.07) is 10.1. The number of amides is 1. The van der Waals surface area contributed by atoms with Crippen LogP contribution in [0, 0.1) is 6.92 Å². The molecule has 1 atom stereocenters. The molecule has 1 aromatic carbocycles. The van der Waals surface area contributed by atoms with Crippen LogP contribution >= 0.6 is 11.3 Å². The molecule has 2 aliphatic heterocycles. The zero-order chi connectivity index (χ0) is 23.5. The van der Waals surface area contributed by atoms with Crippen LogP contribution in [0.15, 0.2) is 35.7 Å². The molecule has 5 rings (SSSR count). The molecule has 0 saturated carbocycles. The molecule has 7 nitrogen and oxygen atoms in total. The number of hydrogen-bond acceptors (Lipinski definition) is 7. The number of rotatable bonds is 7. The number of carbonyl (C=O) groups is 1. The highest BCUT2D eigenvalue weighted by molar-refractivity contribution is 7.12. The predicted molar refractivity (Wildman–Crippen MR) is 134 cm³/mol. The quantitative estimate of drug-likeness (QED) is 0.502. The number of fused-ring (bicyclic) bond motifs is 1. The molecule has 2 aliphatic rings. The van der Waals surface area contributed by atoms with Crippen LogP contribution in [0.1, 0.15) is 33.6 Å². The second kappa shape index (κ2) is 10.3. The van der Waals surface area contributed by atoms with E-state index in [1.54, 1.807) is 7.11 Å². The minimum Gasteiger partial charge on any atom is -0.497 e. The summed E-state index contributed by atoms with van der Waals surface area (Å²) >= 11 is 1.50. The van der Waals surface area contributed by atoms with Gasteiger partial charge in [-0.3, -0.25) is 4.79 Å². The van der Waals surface area contributed by atoms with Crippen molar-refractivity contribution in [3.05, 3.63) is 51.7 Å². The molecule has 3 aromatic rings. The highest BCUT2D eigenvalue weighted by atomic mass is 32.1. The molecule has 0 bridgehead atoms. The van der Waals surface area contributed by atoms with Crippen molar-refractivity contribution in [2.45, 2.75) is 32.4 Å². The maximum Gasteiger partial charge on any atom is 0.264 e. The van der Waals surface area contributed by atoms with Crippen molar-refractivity contribution in [2.24, 2.45) is 0 Å². The Morgan fingerprint density at radius 2 is 2.09 bits per heavy atom. The number of thiophene rings is 1. The monoisotopic (exact) mass is 481 g/mol. The summed E-state index contributed by atoms with van der Waals surface area (Å²) in [5.74, 6) is 1.76. The van der Waals surface area contributed by atoms with E-state index in [1.807, 2.05) is 41.5 Å². The van der Waals surface area contributed by atoms with Gasteiger partial charge in [0, 0.05) is 49.8 Å². The molecule has 2 aromatic heterocycles. The molecule has 34 heavy (non-hydrogen) atoms. The summed E-state index contributed by atoms with van der Waals surface area (Å²) in [5, 5.41) is 3.02. The fourth-order valence-corrected chi connectivity index (χ4v) is 5.56. The third kappa shape index (κ3) is 4.89. The molecule has 180 valence electrons. The largest absolute Gasteiger partial charge is 0.497 e. The van der Waals surface area contributed by atoms with Crippen molar-refractivity contribution in [1.29, 1.82) is 0 Å². The van der Waals surface area contributed by atoms with Crippen LogP contribution < -0.4 is 9.64 Å². The van der Waals surface area contributed by atoms with Crippen molar-refractivity contribution in [2.75, 3.05) is 51.5 Å². The Morgan fingerprint density at radius 3 is 2.79 bits per heavy atom. The number of carbonyl (C=O) groups excluding carboxylic acids is 1. The van der Waals surface area contributed by atoms with Crippen LogP contribution in [0.2, 0.25) is 0 Å². The Kier molecular flexibility index (Phi) is 6.99. The SMILES string of the molecule is COc1ccc2cc(CN(C[C@@H]3CCCO3)C(=O)c3sccc3C)c(N3CCOCC3)nc2c1. The van der Waals surface area contributed by atoms with E-state index in [2.05, 4.69) is 11.0 Å². The average Bonchev–Trinajstić information content (AvgIpc) is 3.54. The van der Waals surface area contributed by atoms with Crippen LogP contribution in [0.4, 0.5) is 5.82 Å². The Morgan fingerprint density at radius 1 is 1.24 bits per heavy atom. The number of pyridine rings is 1. The van der Waals surface area contributed by atoms with Gasteiger partial charge in [-0.15, -0.1) is 11.3 Å². The van der Waals surface area contributed by atoms with E-state index in [0.717, 1.165) is 71.0 Å². The van der Waals surface area contributed by atoms with Gasteiger partial charge in [-0.05, 0) is 55.0 Å². The number of nitrogens with zero attached hydrogens (tertiary/aromatic N) is 3. The fourth-order valence-electron chi connectivity index (χ4n) is 4.67. The summed E-state index contributed by atoms with van der Waals surface area (Å²) in [6.07, 6.45) is 2.11. The van der Waals surface area contributed by atoms with Crippen LogP contribution in [0.3, 0.4) is 0 Å². The molecule has 0 aliphatic carbocycles. The molecule has 2 fully saturated rings. The Balaban J connectivity index is 1.53. The maximum absolute atomic E-state index is 13.7. The number of aromatic nitrogens is 1. The fraction of sp³-hybridized carbons (Fsp3) is 0.462. The van der Waals surface area contributed by atoms with E-state index in [0.29, 0.717) is 26.3 Å². The summed E-state index contributed by atoms with van der Waals surface area (Å²) in [4.78, 5) is 23.7. The van der Waals surface area contributed by atoms with E-state index in [-0.39, 0.29) is 12.0 Å². The number of ether oxygens (including phenoxy) is 3. The van der Waals surface area contributed by atoms with Crippen molar-refractivity contribution in [3.8, 4) is 5.75 Å². The second-order valence-electron chi connectivity index (χ2n) is 8.88. The van der Waals surface area contributed by atoms with Crippen molar-refractivity contribution >= 4 is 34.0 Å². The van der Waals surface area contributed by atoms with E-state index < -0.39 is 0 Å². The lowest BCUT2D eigenvalue weighted by atomic mass is 10.1. The van der Waals surface area contributed by atoms with Crippen molar-refractivity contribution < 1.29 is 19.0 Å². The highest BCUT2D eigenvalue weighted by Gasteiger charge is 2.27. The smallest absolute Gasteiger partial charge is 0.264 e. The van der Waals surface area contributed by atoms with Gasteiger partial charge in [-0.1, -0.05) is 0 Å². The Hall–Kier alpha value is -2.68. The molecule has 0 spiro atoms. The Labute approximate surface area is 204 Å². The zero-order valence-corrected chi connectivity index (χ0v) is 20.6. The molecule has 0 unspecified atom stereocenters. The maximum atomic E-state index is 13.7. The van der Waals surface area contributed by atoms with Gasteiger partial charge in [0.15, 0.2) is 0 Å². The van der Waals surface area contributed by atoms with Gasteiger partial charge in [-0.2, -0.15) is 0 Å². The normalized spacial score (nSPS) is 18.4. The summed E-state index contributed by atoms with van der Waals surface area (Å²) in [5.41, 5.74) is 2.94. The number of morpholine rings is 1. The molecular weight excluding hydrogens is 450 g/mol. The molecule has 1 amide bonds. The van der Waals surface area contributed by atoms with Crippen molar-refractivity contribution in [3.63, 3.8) is 0 Å². The third-order valence-electron chi connectivity index (χ3n) is 6.54. The molecule has 4 heterocycles. The number of hydrogen-bond donors (Lipinski definition) is 0. The summed E-state index contributed by atoms with van der Waals surface area (Å²) < 4.78 is 16.9. The third-order valence-corrected chi connectivity index (χ3v) is 7.55. The van der Waals surface area contributed by atoms with Gasteiger partial charge in [0.05, 0.1) is 36.8 Å². The number of methoxy groups -OCH3 is 1. The predicted octanol–water partition coefficient (Wildman–Crippen LogP) is 4.27. The summed E-state index contributed by atoms with van der Waals surface area (Å²) in [6.45, 7) is 6.73. The molecule has 8 heteroatoms. The van der Waals surface area contributed by atoms with Crippen LogP contribution in [0.25, 0.3) is 10.9 Å². The molecule has 2 saturated heterocycles. The van der Waals surface area contributed by atoms with Gasteiger partial charge in [-0.25, -0.2) is 4.98 Å². The van der Waals surface area contributed by atoms with Gasteiger partial charge in [0.2, 0.25) is 0 Å². The first-order valence-electron chi connectivity index (χ1n) is 11.9. The summed E-state index contributed by atoms with van der Waals surface area (Å²) in [7, 11) is 1.67. The first-order valence-corrected chi connectivity index (χ1v) is 12.8. The van der Waals surface area contributed by atoms with Crippen LogP contribution in [-0.2, 0) is 16.0 Å². The van der Waals surface area contributed by atoms with E-state index in [1.165, 1.54) is 11.3 Å². The first-order chi connectivity index (χ1) is 16.6. The molecule has 0 N–H and O–H groups in total. The van der Waals surface area contributed by atoms with Gasteiger partial charge in [0.1, 0.15) is 11.6 Å². The van der Waals surface area contributed by atoms with E-state index in [9.17, 15) is 4.79 Å². The van der Waals surface area contributed by atoms with Crippen LogP contribution in [-0.4, -0.2) is 68.5 Å². The van der Waals surface area contributed by atoms with Crippen molar-refractivity contribution in [1.82, 2.24) is 9.88 Å². The number of benzene rings is 1. The minimum absolute atomic E-state index is 0.0609. The minimum atomic E-state index is 0.0609. The standard InChI is InChI=1S/C26H31N3O4S/c1-18-7-13-34-24(18)26(30)29(17-22-4-3-10-33-22)16-20-14-19-5-6-21(31-2)15-23(19)27-25(20)28-8-11-32-12-9-28/h5-7,13-15,22H,3-4,8-12,16-17H2,1-2H3/t22-/m0/s1. The van der Waals surface area contributed by atoms with Gasteiger partial charge < -0.3 is 24.0 Å². The average molecular weight is 482 g/mol. The molecular formula is C26H31N3O4S. The topological polar surface area (TPSA) is 64.1 Å². The number of anilines is 1. The van der Waals surface area contributed by atoms with E-state index >= 15 is 0 Å². The second-order valence-corrected chi connectivity index (χ2v) is 9.80. The number of aryl methyl sites for hydroxylation is 1. The lowest BCUT2D eigenvalue weighted by Crippen LogP contribution is -2.40. The lowest BCUT2D eigenvalue weighted by molar-refractivity contribution is 0.0510.